The van der Waals surface area contributed by atoms with Gasteiger partial charge in [0, 0.05) is 6.54 Å². The molecule has 0 heterocycles. The minimum atomic E-state index is 0.432. The number of hydrogen-bond donors (Lipinski definition) is 2. The molecule has 5 nitrogen and oxygen atoms in total. The molecule has 5 heteroatoms. The highest BCUT2D eigenvalue weighted by Crippen LogP contribution is 2.29. The molecule has 0 aliphatic carbocycles. The lowest BCUT2D eigenvalue weighted by molar-refractivity contribution is 0.284. The Morgan fingerprint density at radius 1 is 1.08 bits per heavy atom. The summed E-state index contributed by atoms with van der Waals surface area (Å²) in [5, 5.41) is 6.22. The summed E-state index contributed by atoms with van der Waals surface area (Å²) in [4.78, 5) is 4.52. The number of nitrogens with zero attached hydrogens (tertiary/aromatic N) is 1. The monoisotopic (exact) mass is 351 g/mol. The van der Waals surface area contributed by atoms with Crippen LogP contribution in [-0.4, -0.2) is 26.2 Å². The quantitative estimate of drug-likeness (QED) is 0.436. The molecule has 0 aromatic heterocycles. The van der Waals surface area contributed by atoms with Crippen LogP contribution in [0.4, 0.5) is 0 Å². The molecule has 0 fully saturated rings. The lowest BCUT2D eigenvalue weighted by atomic mass is 10.2. The van der Waals surface area contributed by atoms with Crippen LogP contribution in [0.25, 0.3) is 0 Å². The maximum atomic E-state index is 5.88. The highest BCUT2D eigenvalue weighted by atomic mass is 16.5. The van der Waals surface area contributed by atoms with Gasteiger partial charge in [-0.05, 0) is 30.2 Å². The highest BCUT2D eigenvalue weighted by Gasteiger charge is 2.06. The van der Waals surface area contributed by atoms with Crippen LogP contribution in [0.2, 0.25) is 0 Å². The van der Waals surface area contributed by atoms with E-state index >= 15 is 0 Å². The Morgan fingerprint density at radius 2 is 1.88 bits per heavy atom. The van der Waals surface area contributed by atoms with Crippen LogP contribution in [0.1, 0.15) is 18.1 Å². The van der Waals surface area contributed by atoms with Gasteiger partial charge in [-0.3, -0.25) is 0 Å². The highest BCUT2D eigenvalue weighted by molar-refractivity contribution is 5.80. The molecule has 0 saturated heterocycles. The van der Waals surface area contributed by atoms with Gasteiger partial charge in [-0.15, -0.1) is 6.42 Å². The molecule has 2 N–H and O–H groups in total. The van der Waals surface area contributed by atoms with Crippen LogP contribution < -0.4 is 20.1 Å². The third-order valence-corrected chi connectivity index (χ3v) is 3.59. The molecule has 0 aliphatic rings. The Morgan fingerprint density at radius 3 is 2.58 bits per heavy atom. The average molecular weight is 351 g/mol. The van der Waals surface area contributed by atoms with Crippen molar-refractivity contribution in [1.82, 2.24) is 10.6 Å². The van der Waals surface area contributed by atoms with Crippen LogP contribution in [0.15, 0.2) is 53.5 Å². The molecule has 136 valence electrons. The Kier molecular flexibility index (Phi) is 7.88. The third-order valence-electron chi connectivity index (χ3n) is 3.59. The first-order valence-electron chi connectivity index (χ1n) is 8.56. The van der Waals surface area contributed by atoms with Gasteiger partial charge in [0.25, 0.3) is 0 Å². The molecular weight excluding hydrogens is 326 g/mol. The molecule has 0 aliphatic heterocycles. The summed E-state index contributed by atoms with van der Waals surface area (Å²) in [6.45, 7) is 4.22. The summed E-state index contributed by atoms with van der Waals surface area (Å²) in [5.41, 5.74) is 2.13. The summed E-state index contributed by atoms with van der Waals surface area (Å²) < 4.78 is 11.3. The lowest BCUT2D eigenvalue weighted by Gasteiger charge is -2.12. The largest absolute Gasteiger partial charge is 0.493 e. The average Bonchev–Trinajstić information content (AvgIpc) is 2.69. The van der Waals surface area contributed by atoms with Gasteiger partial charge < -0.3 is 20.1 Å². The topological polar surface area (TPSA) is 54.9 Å². The van der Waals surface area contributed by atoms with Crippen molar-refractivity contribution in [2.45, 2.75) is 20.1 Å². The van der Waals surface area contributed by atoms with Gasteiger partial charge in [0.1, 0.15) is 6.61 Å². The molecule has 2 rings (SSSR count). The molecule has 0 spiro atoms. The van der Waals surface area contributed by atoms with Gasteiger partial charge in [-0.2, -0.15) is 0 Å². The summed E-state index contributed by atoms with van der Waals surface area (Å²) in [5.74, 6) is 4.63. The number of methoxy groups -OCH3 is 1. The summed E-state index contributed by atoms with van der Waals surface area (Å²) in [6, 6.07) is 15.9. The first-order valence-corrected chi connectivity index (χ1v) is 8.56. The molecule has 0 bridgehead atoms. The number of hydrogen-bond acceptors (Lipinski definition) is 3. The van der Waals surface area contributed by atoms with Crippen LogP contribution >= 0.6 is 0 Å². The van der Waals surface area contributed by atoms with Crippen LogP contribution in [0.5, 0.6) is 11.5 Å². The van der Waals surface area contributed by atoms with Crippen molar-refractivity contribution in [2.75, 3.05) is 20.2 Å². The maximum Gasteiger partial charge on any atom is 0.192 e. The van der Waals surface area contributed by atoms with Gasteiger partial charge >= 0.3 is 0 Å². The first kappa shape index (κ1) is 19.2. The van der Waals surface area contributed by atoms with Crippen molar-refractivity contribution in [3.8, 4) is 23.8 Å². The second-order valence-electron chi connectivity index (χ2n) is 5.51. The van der Waals surface area contributed by atoms with Crippen molar-refractivity contribution >= 4 is 5.96 Å². The Hall–Kier alpha value is -3.13. The minimum Gasteiger partial charge on any atom is -0.493 e. The molecular formula is C21H25N3O2. The minimum absolute atomic E-state index is 0.432. The van der Waals surface area contributed by atoms with E-state index in [1.54, 1.807) is 7.11 Å². The molecule has 26 heavy (non-hydrogen) atoms. The van der Waals surface area contributed by atoms with Gasteiger partial charge in [-0.25, -0.2) is 4.99 Å². The number of nitrogens with one attached hydrogen (secondary N) is 2. The van der Waals surface area contributed by atoms with Crippen molar-refractivity contribution in [1.29, 1.82) is 0 Å². The standard InChI is InChI=1S/C21H25N3O2/c1-4-13-23-21(22-5-2)24-15-18-11-12-19(20(14-18)25-3)26-16-17-9-7-6-8-10-17/h1,6-12,14H,5,13,15-16H2,2-3H3,(H2,22,23,24). The number of guanidine groups is 1. The van der Waals surface area contributed by atoms with Crippen LogP contribution in [-0.2, 0) is 13.2 Å². The number of aliphatic imine (C=N–C) groups is 1. The molecule has 0 saturated carbocycles. The van der Waals surface area contributed by atoms with E-state index in [1.165, 1.54) is 0 Å². The van der Waals surface area contributed by atoms with E-state index in [9.17, 15) is 0 Å². The van der Waals surface area contributed by atoms with E-state index in [0.29, 0.717) is 37.2 Å². The molecule has 2 aromatic rings. The maximum absolute atomic E-state index is 5.88. The van der Waals surface area contributed by atoms with Gasteiger partial charge in [0.15, 0.2) is 17.5 Å². The van der Waals surface area contributed by atoms with Crippen molar-refractivity contribution in [3.05, 3.63) is 59.7 Å². The van der Waals surface area contributed by atoms with Crippen molar-refractivity contribution < 1.29 is 9.47 Å². The van der Waals surface area contributed by atoms with E-state index in [4.69, 9.17) is 15.9 Å². The van der Waals surface area contributed by atoms with E-state index in [-0.39, 0.29) is 0 Å². The molecule has 0 unspecified atom stereocenters. The van der Waals surface area contributed by atoms with Gasteiger partial charge in [0.05, 0.1) is 20.2 Å². The van der Waals surface area contributed by atoms with Crippen molar-refractivity contribution in [2.24, 2.45) is 4.99 Å². The molecule has 0 amide bonds. The smallest absolute Gasteiger partial charge is 0.192 e. The third kappa shape index (κ3) is 6.06. The molecule has 2 aromatic carbocycles. The summed E-state index contributed by atoms with van der Waals surface area (Å²) >= 11 is 0. The Labute approximate surface area is 155 Å². The number of benzene rings is 2. The fourth-order valence-corrected chi connectivity index (χ4v) is 2.31. The fourth-order valence-electron chi connectivity index (χ4n) is 2.31. The number of rotatable bonds is 8. The zero-order chi connectivity index (χ0) is 18.6. The molecule has 0 atom stereocenters. The number of terminal acetylenes is 1. The Bertz CT molecular complexity index is 752. The van der Waals surface area contributed by atoms with Gasteiger partial charge in [0.2, 0.25) is 0 Å². The zero-order valence-electron chi connectivity index (χ0n) is 15.3. The SMILES string of the molecule is C#CCNC(=NCc1ccc(OCc2ccccc2)c(OC)c1)NCC. The van der Waals surface area contributed by atoms with E-state index < -0.39 is 0 Å². The summed E-state index contributed by atoms with van der Waals surface area (Å²) in [7, 11) is 1.64. The Balaban J connectivity index is 2.03. The lowest BCUT2D eigenvalue weighted by Crippen LogP contribution is -2.37. The predicted octanol–water partition coefficient (Wildman–Crippen LogP) is 2.96. The first-order chi connectivity index (χ1) is 12.8. The predicted molar refractivity (Wildman–Crippen MR) is 105 cm³/mol. The van der Waals surface area contributed by atoms with E-state index in [0.717, 1.165) is 17.7 Å². The van der Waals surface area contributed by atoms with E-state index in [2.05, 4.69) is 21.5 Å². The van der Waals surface area contributed by atoms with Gasteiger partial charge in [-0.1, -0.05) is 42.3 Å². The number of ether oxygens (including phenoxy) is 2. The normalized spacial score (nSPS) is 10.7. The van der Waals surface area contributed by atoms with E-state index in [1.807, 2.05) is 55.5 Å². The fraction of sp³-hybridized carbons (Fsp3) is 0.286. The van der Waals surface area contributed by atoms with Crippen LogP contribution in [0, 0.1) is 12.3 Å². The second kappa shape index (κ2) is 10.7. The molecule has 0 radical (unpaired) electrons. The van der Waals surface area contributed by atoms with Crippen LogP contribution in [0.3, 0.4) is 0 Å². The zero-order valence-corrected chi connectivity index (χ0v) is 15.3. The second-order valence-corrected chi connectivity index (χ2v) is 5.51. The van der Waals surface area contributed by atoms with Crippen molar-refractivity contribution in [3.63, 3.8) is 0 Å². The summed E-state index contributed by atoms with van der Waals surface area (Å²) in [6.07, 6.45) is 5.28.